The van der Waals surface area contributed by atoms with E-state index in [1.807, 2.05) is 27.7 Å². The molecule has 6 fully saturated rings. The first-order valence-electron chi connectivity index (χ1n) is 26.4. The number of aliphatic carboxylic acids is 1. The van der Waals surface area contributed by atoms with Crippen molar-refractivity contribution in [2.45, 2.75) is 207 Å². The van der Waals surface area contributed by atoms with Gasteiger partial charge in [0.25, 0.3) is 0 Å². The number of ether oxygens (including phenoxy) is 8. The van der Waals surface area contributed by atoms with Gasteiger partial charge in [-0.15, -0.1) is 0 Å². The van der Waals surface area contributed by atoms with Gasteiger partial charge in [0.15, 0.2) is 24.8 Å². The number of methoxy groups -OCH3 is 1. The van der Waals surface area contributed by atoms with Gasteiger partial charge >= 0.3 is 29.8 Å². The van der Waals surface area contributed by atoms with Crippen LogP contribution in [0.25, 0.3) is 0 Å². The highest BCUT2D eigenvalue weighted by molar-refractivity contribution is 5.88. The molecule has 0 amide bonds. The third-order valence-corrected chi connectivity index (χ3v) is 20.0. The van der Waals surface area contributed by atoms with Crippen molar-refractivity contribution in [3.8, 4) is 0 Å². The summed E-state index contributed by atoms with van der Waals surface area (Å²) in [5, 5.41) is 89.4. The molecule has 2 heterocycles. The molecule has 0 aromatic carbocycles. The molecule has 2 saturated heterocycles. The van der Waals surface area contributed by atoms with Gasteiger partial charge in [0.05, 0.1) is 43.2 Å². The van der Waals surface area contributed by atoms with Crippen LogP contribution < -0.4 is 0 Å². The van der Waals surface area contributed by atoms with Gasteiger partial charge in [0.1, 0.15) is 54.9 Å². The summed E-state index contributed by atoms with van der Waals surface area (Å²) in [5.74, 6) is -6.48. The minimum Gasteiger partial charge on any atom is -0.479 e. The second kappa shape index (κ2) is 21.2. The summed E-state index contributed by atoms with van der Waals surface area (Å²) in [6.45, 7) is 18.4. The highest BCUT2D eigenvalue weighted by atomic mass is 16.7. The molecule has 21 nitrogen and oxygen atoms in total. The summed E-state index contributed by atoms with van der Waals surface area (Å²) >= 11 is 0. The number of aliphatic hydroxyl groups is 7. The van der Waals surface area contributed by atoms with Crippen molar-refractivity contribution < 1.29 is 103 Å². The third-order valence-electron chi connectivity index (χ3n) is 20.0. The zero-order chi connectivity index (χ0) is 55.9. The van der Waals surface area contributed by atoms with E-state index in [1.165, 1.54) is 14.0 Å². The summed E-state index contributed by atoms with van der Waals surface area (Å²) in [4.78, 5) is 68.2. The smallest absolute Gasteiger partial charge is 0.335 e. The zero-order valence-corrected chi connectivity index (χ0v) is 45.3. The maximum Gasteiger partial charge on any atom is 0.335 e. The van der Waals surface area contributed by atoms with Crippen molar-refractivity contribution in [3.05, 3.63) is 23.3 Å². The number of carboxylic acid groups (broad SMARTS) is 1. The van der Waals surface area contributed by atoms with Crippen LogP contribution in [0.1, 0.15) is 121 Å². The average Bonchev–Trinajstić information content (AvgIpc) is 3.35. The highest BCUT2D eigenvalue weighted by Crippen LogP contribution is 2.76. The Morgan fingerprint density at radius 2 is 1.49 bits per heavy atom. The van der Waals surface area contributed by atoms with Crippen LogP contribution in [0.15, 0.2) is 23.3 Å². The van der Waals surface area contributed by atoms with Crippen molar-refractivity contribution in [1.29, 1.82) is 0 Å². The zero-order valence-electron chi connectivity index (χ0n) is 45.3. The first-order valence-corrected chi connectivity index (χ1v) is 26.4. The molecule has 424 valence electrons. The van der Waals surface area contributed by atoms with Crippen LogP contribution in [0.5, 0.6) is 0 Å². The first-order chi connectivity index (χ1) is 34.9. The lowest BCUT2D eigenvalue weighted by atomic mass is 9.32. The van der Waals surface area contributed by atoms with Crippen molar-refractivity contribution in [1.82, 2.24) is 0 Å². The first kappa shape index (κ1) is 59.1. The van der Waals surface area contributed by atoms with Gasteiger partial charge in [-0.05, 0) is 94.3 Å². The monoisotopic (exact) mass is 1070 g/mol. The number of hydrogen-bond acceptors (Lipinski definition) is 20. The Labute approximate surface area is 438 Å². The second-order valence-electron chi connectivity index (χ2n) is 24.2. The van der Waals surface area contributed by atoms with Gasteiger partial charge in [-0.3, -0.25) is 14.4 Å². The molecular weight excluding hydrogens is 985 g/mol. The molecule has 0 bridgehead atoms. The molecule has 21 heteroatoms. The summed E-state index contributed by atoms with van der Waals surface area (Å²) in [5.41, 5.74) is -5.87. The second-order valence-corrected chi connectivity index (χ2v) is 24.2. The van der Waals surface area contributed by atoms with Crippen molar-refractivity contribution in [2.24, 2.45) is 56.2 Å². The Morgan fingerprint density at radius 1 is 0.827 bits per heavy atom. The molecule has 0 aromatic rings. The number of allylic oxidation sites excluding steroid dienone is 2. The number of aliphatic hydroxyl groups excluding tert-OH is 7. The van der Waals surface area contributed by atoms with E-state index in [2.05, 4.69) is 19.9 Å². The molecule has 7 rings (SSSR count). The van der Waals surface area contributed by atoms with Crippen LogP contribution in [-0.2, 0) is 61.9 Å². The molecular formula is C54H82O21. The van der Waals surface area contributed by atoms with Gasteiger partial charge in [0.2, 0.25) is 0 Å². The van der Waals surface area contributed by atoms with E-state index >= 15 is 0 Å². The number of carbonyl (C=O) groups is 5. The van der Waals surface area contributed by atoms with E-state index in [-0.39, 0.29) is 18.8 Å². The lowest BCUT2D eigenvalue weighted by Gasteiger charge is -2.73. The van der Waals surface area contributed by atoms with Crippen molar-refractivity contribution >= 4 is 29.8 Å². The predicted molar refractivity (Wildman–Crippen MR) is 260 cm³/mol. The highest BCUT2D eigenvalue weighted by Gasteiger charge is 2.78. The summed E-state index contributed by atoms with van der Waals surface area (Å²) in [6.07, 6.45) is -17.2. The molecule has 1 unspecified atom stereocenters. The number of carboxylic acids is 1. The Morgan fingerprint density at radius 3 is 2.08 bits per heavy atom. The van der Waals surface area contributed by atoms with Crippen LogP contribution in [-0.4, -0.2) is 177 Å². The Bertz CT molecular complexity index is 2250. The molecule has 2 aliphatic heterocycles. The molecule has 4 saturated carbocycles. The van der Waals surface area contributed by atoms with E-state index < -0.39 is 179 Å². The van der Waals surface area contributed by atoms with E-state index in [9.17, 15) is 64.8 Å². The minimum atomic E-state index is -2.05. The van der Waals surface area contributed by atoms with E-state index in [0.717, 1.165) is 5.57 Å². The molecule has 75 heavy (non-hydrogen) atoms. The van der Waals surface area contributed by atoms with E-state index in [1.54, 1.807) is 33.8 Å². The maximum atomic E-state index is 14.5. The van der Waals surface area contributed by atoms with Gasteiger partial charge in [-0.2, -0.15) is 0 Å². The van der Waals surface area contributed by atoms with Gasteiger partial charge in [-0.25, -0.2) is 9.59 Å². The largest absolute Gasteiger partial charge is 0.479 e. The fraction of sp³-hybridized carbons (Fsp3) is 0.833. The summed E-state index contributed by atoms with van der Waals surface area (Å²) in [6, 6.07) is 0. The topological polar surface area (TPSA) is 321 Å². The third kappa shape index (κ3) is 9.18. The molecule has 0 spiro atoms. The van der Waals surface area contributed by atoms with Crippen LogP contribution >= 0.6 is 0 Å². The summed E-state index contributed by atoms with van der Waals surface area (Å²) < 4.78 is 47.9. The van der Waals surface area contributed by atoms with Gasteiger partial charge < -0.3 is 78.7 Å². The van der Waals surface area contributed by atoms with Crippen LogP contribution in [0.4, 0.5) is 0 Å². The van der Waals surface area contributed by atoms with Crippen LogP contribution in [0.3, 0.4) is 0 Å². The van der Waals surface area contributed by atoms with E-state index in [4.69, 9.17) is 37.9 Å². The quantitative estimate of drug-likeness (QED) is 0.0431. The lowest BCUT2D eigenvalue weighted by molar-refractivity contribution is -0.357. The minimum absolute atomic E-state index is 0.129. The molecule has 23 atom stereocenters. The molecule has 0 aromatic heterocycles. The number of carbonyl (C=O) groups excluding carboxylic acids is 4. The number of fused-ring (bicyclic) bond motifs is 7. The van der Waals surface area contributed by atoms with Crippen molar-refractivity contribution in [2.75, 3.05) is 20.3 Å². The number of esters is 4. The fourth-order valence-corrected chi connectivity index (χ4v) is 15.2. The van der Waals surface area contributed by atoms with E-state index in [0.29, 0.717) is 37.7 Å². The maximum absolute atomic E-state index is 14.5. The number of hydrogen-bond donors (Lipinski definition) is 8. The average molecular weight is 1070 g/mol. The molecule has 0 radical (unpaired) electrons. The Balaban J connectivity index is 1.29. The van der Waals surface area contributed by atoms with Crippen LogP contribution in [0, 0.1) is 56.2 Å². The molecule has 7 aliphatic rings. The fourth-order valence-electron chi connectivity index (χ4n) is 15.2. The summed E-state index contributed by atoms with van der Waals surface area (Å²) in [7, 11) is 1.24. The molecule has 5 aliphatic carbocycles. The lowest BCUT2D eigenvalue weighted by Crippen LogP contribution is -2.77. The SMILES string of the molecule is C/C=C(/C)C(=O)O[C@H]1[C@H](OC(=O)C(C)CC)[C@]2(CO)[C@H](OC(C)=O)[C@H](O)[C@]3(C)C(=CC[C@@H]4[C@@]5(C)CC[C@H](O[C@@H]6O[C@H](C(=O)O)[C@@H](O)[C@H](O[C@@H]7OC[C@H](O)[C@H](O)[C@H]7O)[C@H]6O)[C@@](C)(C(=O)OC)[C@@H]5CC[C@]43C)[C@@H]2CC1(C)C. The Hall–Kier alpha value is -3.61. The van der Waals surface area contributed by atoms with Gasteiger partial charge in [-0.1, -0.05) is 66.2 Å². The standard InChI is InChI=1S/C54H82O21/c1-13-24(3)44(65)74-41-42(75-45(66)25(4)14-2)54(23-55)28(21-49(41,6)7)27-15-16-30-50(8)19-18-32(52(10,48(67)68-12)31(50)17-20-51(30,9)53(27,11)39(62)40(54)70-26(5)56)71-47-36(61)37(35(60)38(73-47)43(63)64)72-46-34(59)33(58)29(57)22-69-46/h13,15,25,28-42,46-47,55,57-62H,14,16-23H2,1-12H3,(H,63,64)/b24-13-/t25?,28-,29-,30+,31+,32-,33-,34+,35-,36+,37-,38-,39-,40+,41-,42-,46-,47+,50+,51+,52-,53-,54-/m0/s1. The normalized spacial score (nSPS) is 46.7. The predicted octanol–water partition coefficient (Wildman–Crippen LogP) is 2.24. The Kier molecular flexibility index (Phi) is 16.7. The van der Waals surface area contributed by atoms with Crippen LogP contribution in [0.2, 0.25) is 0 Å². The number of rotatable bonds is 13. The molecule has 8 N–H and O–H groups in total. The van der Waals surface area contributed by atoms with Gasteiger partial charge in [0, 0.05) is 23.3 Å². The van der Waals surface area contributed by atoms with Crippen molar-refractivity contribution in [3.63, 3.8) is 0 Å².